The van der Waals surface area contributed by atoms with Crippen molar-refractivity contribution in [3.8, 4) is 11.5 Å². The summed E-state index contributed by atoms with van der Waals surface area (Å²) in [6.07, 6.45) is 0.283. The molecule has 1 amide bonds. The van der Waals surface area contributed by atoms with Gasteiger partial charge in [-0.25, -0.2) is 14.4 Å². The number of ether oxygens (including phenoxy) is 1. The maximum atomic E-state index is 14.6. The van der Waals surface area contributed by atoms with Crippen molar-refractivity contribution < 1.29 is 27.1 Å². The van der Waals surface area contributed by atoms with E-state index in [2.05, 4.69) is 25.1 Å². The predicted octanol–water partition coefficient (Wildman–Crippen LogP) is 1.88. The third-order valence-corrected chi connectivity index (χ3v) is 5.20. The minimum absolute atomic E-state index is 0.0413. The number of hydrogen-bond donors (Lipinski definition) is 0. The first-order valence-electron chi connectivity index (χ1n) is 9.18. The number of fused-ring (bicyclic) bond motifs is 4. The van der Waals surface area contributed by atoms with E-state index >= 15 is 0 Å². The SMILES string of the molecule is O=C(c1ccnc(C(F)(F)F)c1F)N1[C@H]2COC[C@@H]1c1nnc(-c3cnccn3)n1C2. The van der Waals surface area contributed by atoms with E-state index in [-0.39, 0.29) is 19.8 Å². The Kier molecular flexibility index (Phi) is 4.43. The summed E-state index contributed by atoms with van der Waals surface area (Å²) < 4.78 is 61.0. The summed E-state index contributed by atoms with van der Waals surface area (Å²) in [6, 6.07) is -0.375. The second-order valence-corrected chi connectivity index (χ2v) is 7.02. The van der Waals surface area contributed by atoms with Gasteiger partial charge in [0.1, 0.15) is 11.7 Å². The molecule has 2 aliphatic rings. The number of nitrogens with zero attached hydrogens (tertiary/aromatic N) is 7. The molecule has 31 heavy (non-hydrogen) atoms. The lowest BCUT2D eigenvalue weighted by Crippen LogP contribution is -2.56. The molecule has 3 aromatic rings. The molecule has 1 fully saturated rings. The van der Waals surface area contributed by atoms with E-state index in [0.29, 0.717) is 17.3 Å². The van der Waals surface area contributed by atoms with Gasteiger partial charge >= 0.3 is 6.18 Å². The Balaban J connectivity index is 1.55. The number of alkyl halides is 3. The molecular formula is C18H13F4N7O2. The molecule has 0 radical (unpaired) electrons. The van der Waals surface area contributed by atoms with Crippen molar-refractivity contribution in [2.24, 2.45) is 0 Å². The summed E-state index contributed by atoms with van der Waals surface area (Å²) in [5, 5.41) is 8.29. The highest BCUT2D eigenvalue weighted by molar-refractivity contribution is 5.95. The van der Waals surface area contributed by atoms with Crippen LogP contribution in [0.25, 0.3) is 11.5 Å². The molecule has 0 unspecified atom stereocenters. The van der Waals surface area contributed by atoms with E-state index in [4.69, 9.17) is 4.74 Å². The van der Waals surface area contributed by atoms with Gasteiger partial charge in [-0.15, -0.1) is 10.2 Å². The molecule has 160 valence electrons. The van der Waals surface area contributed by atoms with E-state index in [1.165, 1.54) is 23.5 Å². The van der Waals surface area contributed by atoms with Crippen molar-refractivity contribution in [3.05, 3.63) is 53.8 Å². The lowest BCUT2D eigenvalue weighted by molar-refractivity contribution is -0.143. The quantitative estimate of drug-likeness (QED) is 0.567. The van der Waals surface area contributed by atoms with E-state index in [0.717, 1.165) is 12.3 Å². The molecule has 0 spiro atoms. The molecule has 0 aliphatic carbocycles. The Labute approximate surface area is 171 Å². The van der Waals surface area contributed by atoms with Gasteiger partial charge in [0.25, 0.3) is 5.91 Å². The molecule has 13 heteroatoms. The van der Waals surface area contributed by atoms with E-state index in [9.17, 15) is 22.4 Å². The third-order valence-electron chi connectivity index (χ3n) is 5.20. The van der Waals surface area contributed by atoms with Crippen LogP contribution in [0.4, 0.5) is 17.6 Å². The molecule has 2 bridgehead atoms. The van der Waals surface area contributed by atoms with Gasteiger partial charge in [-0.3, -0.25) is 9.78 Å². The van der Waals surface area contributed by atoms with Crippen molar-refractivity contribution in [2.75, 3.05) is 13.2 Å². The number of aromatic nitrogens is 6. The summed E-state index contributed by atoms with van der Waals surface area (Å²) >= 11 is 0. The maximum Gasteiger partial charge on any atom is 0.436 e. The molecular weight excluding hydrogens is 422 g/mol. The summed E-state index contributed by atoms with van der Waals surface area (Å²) in [6.45, 7) is 0.369. The number of rotatable bonds is 2. The Hall–Kier alpha value is -3.48. The van der Waals surface area contributed by atoms with Gasteiger partial charge in [0.05, 0.1) is 31.0 Å². The molecule has 0 N–H and O–H groups in total. The van der Waals surface area contributed by atoms with Crippen molar-refractivity contribution in [1.82, 2.24) is 34.6 Å². The van der Waals surface area contributed by atoms with Crippen molar-refractivity contribution in [3.63, 3.8) is 0 Å². The highest BCUT2D eigenvalue weighted by Gasteiger charge is 2.45. The van der Waals surface area contributed by atoms with Crippen LogP contribution in [0.1, 0.15) is 27.9 Å². The number of carbonyl (C=O) groups is 1. The van der Waals surface area contributed by atoms with Crippen LogP contribution < -0.4 is 0 Å². The minimum atomic E-state index is -5.02. The van der Waals surface area contributed by atoms with E-state index in [1.807, 2.05) is 0 Å². The van der Waals surface area contributed by atoms with Gasteiger partial charge in [0, 0.05) is 25.1 Å². The number of amides is 1. The molecule has 3 aromatic heterocycles. The zero-order chi connectivity index (χ0) is 21.8. The molecule has 2 atom stereocenters. The fraction of sp³-hybridized carbons (Fsp3) is 0.333. The van der Waals surface area contributed by atoms with Crippen LogP contribution in [0.15, 0.2) is 30.9 Å². The Morgan fingerprint density at radius 3 is 2.71 bits per heavy atom. The average molecular weight is 435 g/mol. The first kappa shape index (κ1) is 19.5. The zero-order valence-corrected chi connectivity index (χ0v) is 15.6. The van der Waals surface area contributed by atoms with Crippen LogP contribution in [-0.4, -0.2) is 59.8 Å². The van der Waals surface area contributed by atoms with Gasteiger partial charge in [-0.1, -0.05) is 0 Å². The van der Waals surface area contributed by atoms with Crippen LogP contribution in [0.3, 0.4) is 0 Å². The van der Waals surface area contributed by atoms with Crippen LogP contribution in [0, 0.1) is 5.82 Å². The predicted molar refractivity (Wildman–Crippen MR) is 93.8 cm³/mol. The Morgan fingerprint density at radius 2 is 1.97 bits per heavy atom. The fourth-order valence-corrected chi connectivity index (χ4v) is 3.88. The minimum Gasteiger partial charge on any atom is -0.377 e. The fourth-order valence-electron chi connectivity index (χ4n) is 3.88. The van der Waals surface area contributed by atoms with Crippen LogP contribution in [0.5, 0.6) is 0 Å². The molecule has 1 saturated heterocycles. The van der Waals surface area contributed by atoms with E-state index < -0.39 is 41.2 Å². The number of hydrogen-bond acceptors (Lipinski definition) is 7. The Bertz CT molecular complexity index is 1150. The highest BCUT2D eigenvalue weighted by atomic mass is 19.4. The molecule has 5 rings (SSSR count). The normalized spacial score (nSPS) is 20.5. The van der Waals surface area contributed by atoms with Crippen LogP contribution in [-0.2, 0) is 17.5 Å². The van der Waals surface area contributed by atoms with Crippen molar-refractivity contribution in [2.45, 2.75) is 24.8 Å². The van der Waals surface area contributed by atoms with Crippen LogP contribution >= 0.6 is 0 Å². The molecule has 2 aliphatic heterocycles. The maximum absolute atomic E-state index is 14.6. The second kappa shape index (κ2) is 7.04. The van der Waals surface area contributed by atoms with E-state index in [1.54, 1.807) is 4.57 Å². The Morgan fingerprint density at radius 1 is 1.13 bits per heavy atom. The lowest BCUT2D eigenvalue weighted by atomic mass is 10.0. The number of carbonyl (C=O) groups excluding carboxylic acids is 1. The standard InChI is InChI=1S/C18H13F4N7O2/c19-13-10(1-2-25-14(13)18(20,21)22)17(30)29-9-6-28-15(11-5-23-3-4-24-11)26-27-16(28)12(29)8-31-7-9/h1-5,9,12H,6-8H2/t9-,12-/m1/s1. The lowest BCUT2D eigenvalue weighted by Gasteiger charge is -2.45. The summed E-state index contributed by atoms with van der Waals surface area (Å²) in [5.74, 6) is -1.78. The van der Waals surface area contributed by atoms with Crippen molar-refractivity contribution >= 4 is 5.91 Å². The summed E-state index contributed by atoms with van der Waals surface area (Å²) in [7, 11) is 0. The first-order valence-corrected chi connectivity index (χ1v) is 9.18. The summed E-state index contributed by atoms with van der Waals surface area (Å²) in [4.78, 5) is 25.7. The zero-order valence-electron chi connectivity index (χ0n) is 15.6. The molecule has 9 nitrogen and oxygen atoms in total. The number of morpholine rings is 1. The average Bonchev–Trinajstić information content (AvgIpc) is 3.16. The van der Waals surface area contributed by atoms with Crippen molar-refractivity contribution in [1.29, 1.82) is 0 Å². The monoisotopic (exact) mass is 435 g/mol. The number of pyridine rings is 1. The second-order valence-electron chi connectivity index (χ2n) is 7.02. The first-order chi connectivity index (χ1) is 14.9. The van der Waals surface area contributed by atoms with Gasteiger partial charge in [0.15, 0.2) is 23.2 Å². The molecule has 0 aromatic carbocycles. The topological polar surface area (TPSA) is 98.9 Å². The van der Waals surface area contributed by atoms with Gasteiger partial charge in [0.2, 0.25) is 0 Å². The largest absolute Gasteiger partial charge is 0.436 e. The van der Waals surface area contributed by atoms with Gasteiger partial charge < -0.3 is 14.2 Å². The molecule has 0 saturated carbocycles. The van der Waals surface area contributed by atoms with Gasteiger partial charge in [-0.05, 0) is 6.07 Å². The summed E-state index contributed by atoms with van der Waals surface area (Å²) in [5.41, 5.74) is -1.96. The number of halogens is 4. The highest BCUT2D eigenvalue weighted by Crippen LogP contribution is 2.37. The van der Waals surface area contributed by atoms with Crippen LogP contribution in [0.2, 0.25) is 0 Å². The molecule has 5 heterocycles. The van der Waals surface area contributed by atoms with Gasteiger partial charge in [-0.2, -0.15) is 13.2 Å². The third kappa shape index (κ3) is 3.12. The smallest absolute Gasteiger partial charge is 0.377 e.